The molecule has 0 atom stereocenters. The molecule has 0 spiro atoms. The van der Waals surface area contributed by atoms with E-state index in [1.807, 2.05) is 28.5 Å². The summed E-state index contributed by atoms with van der Waals surface area (Å²) in [6.07, 6.45) is 0. The van der Waals surface area contributed by atoms with Gasteiger partial charge in [0.05, 0.1) is 0 Å². The summed E-state index contributed by atoms with van der Waals surface area (Å²) >= 11 is 7.71. The van der Waals surface area contributed by atoms with Crippen LogP contribution >= 0.6 is 22.9 Å². The van der Waals surface area contributed by atoms with E-state index in [2.05, 4.69) is 39.6 Å². The maximum Gasteiger partial charge on any atom is 0.273 e. The molecule has 30 heavy (non-hydrogen) atoms. The Morgan fingerprint density at radius 3 is 2.43 bits per heavy atom. The fourth-order valence-corrected chi connectivity index (χ4v) is 5.19. The van der Waals surface area contributed by atoms with Crippen LogP contribution in [0, 0.1) is 5.92 Å². The zero-order valence-electron chi connectivity index (χ0n) is 17.8. The van der Waals surface area contributed by atoms with Crippen LogP contribution in [0.15, 0.2) is 29.6 Å². The normalized spacial score (nSPS) is 18.3. The van der Waals surface area contributed by atoms with Gasteiger partial charge in [-0.15, -0.1) is 11.3 Å². The van der Waals surface area contributed by atoms with E-state index >= 15 is 0 Å². The van der Waals surface area contributed by atoms with Crippen LogP contribution in [0.2, 0.25) is 5.02 Å². The highest BCUT2D eigenvalue weighted by molar-refractivity contribution is 7.13. The number of carbonyl (C=O) groups excluding carboxylic acids is 1. The molecule has 162 valence electrons. The molecule has 2 saturated heterocycles. The summed E-state index contributed by atoms with van der Waals surface area (Å²) in [5.41, 5.74) is 1.75. The molecule has 3 heterocycles. The number of rotatable bonds is 5. The fraction of sp³-hybridized carbons (Fsp3) is 0.545. The molecule has 2 aliphatic rings. The molecule has 0 radical (unpaired) electrons. The van der Waals surface area contributed by atoms with Gasteiger partial charge in [0.25, 0.3) is 5.91 Å². The number of piperazine rings is 2. The SMILES string of the molecule is CC(C)CN1CCN(C(=O)c2csc(N3CCN(c4cccc(Cl)c4)CC3)n2)CC1. The van der Waals surface area contributed by atoms with Gasteiger partial charge in [-0.05, 0) is 24.1 Å². The predicted molar refractivity (Wildman–Crippen MR) is 125 cm³/mol. The average Bonchev–Trinajstić information content (AvgIpc) is 3.24. The van der Waals surface area contributed by atoms with Gasteiger partial charge in [-0.2, -0.15) is 0 Å². The Morgan fingerprint density at radius 2 is 1.77 bits per heavy atom. The molecule has 6 nitrogen and oxygen atoms in total. The van der Waals surface area contributed by atoms with Gasteiger partial charge in [-0.25, -0.2) is 4.98 Å². The van der Waals surface area contributed by atoms with Crippen molar-refractivity contribution in [1.82, 2.24) is 14.8 Å². The van der Waals surface area contributed by atoms with E-state index in [0.717, 1.165) is 74.7 Å². The van der Waals surface area contributed by atoms with Crippen molar-refractivity contribution in [3.8, 4) is 0 Å². The molecule has 2 aliphatic heterocycles. The van der Waals surface area contributed by atoms with Gasteiger partial charge in [0.1, 0.15) is 5.69 Å². The van der Waals surface area contributed by atoms with Crippen LogP contribution in [0.4, 0.5) is 10.8 Å². The molecule has 4 rings (SSSR count). The average molecular weight is 448 g/mol. The van der Waals surface area contributed by atoms with E-state index in [4.69, 9.17) is 11.6 Å². The quantitative estimate of drug-likeness (QED) is 0.701. The molecule has 1 aromatic carbocycles. The molecule has 0 unspecified atom stereocenters. The van der Waals surface area contributed by atoms with Crippen LogP contribution in [0.5, 0.6) is 0 Å². The van der Waals surface area contributed by atoms with Gasteiger partial charge in [-0.1, -0.05) is 31.5 Å². The number of hydrogen-bond acceptors (Lipinski definition) is 6. The number of aromatic nitrogens is 1. The summed E-state index contributed by atoms with van der Waals surface area (Å²) in [6.45, 7) is 12.7. The second-order valence-corrected chi connectivity index (χ2v) is 9.73. The Morgan fingerprint density at radius 1 is 1.07 bits per heavy atom. The first kappa shape index (κ1) is 21.4. The first-order chi connectivity index (χ1) is 14.5. The molecular weight excluding hydrogens is 418 g/mol. The zero-order valence-corrected chi connectivity index (χ0v) is 19.3. The van der Waals surface area contributed by atoms with E-state index in [1.54, 1.807) is 11.3 Å². The molecule has 2 fully saturated rings. The van der Waals surface area contributed by atoms with Crippen molar-refractivity contribution in [2.45, 2.75) is 13.8 Å². The van der Waals surface area contributed by atoms with Crippen LogP contribution in [0.1, 0.15) is 24.3 Å². The Bertz CT molecular complexity index is 857. The van der Waals surface area contributed by atoms with Crippen LogP contribution < -0.4 is 9.80 Å². The van der Waals surface area contributed by atoms with E-state index in [0.29, 0.717) is 11.6 Å². The largest absolute Gasteiger partial charge is 0.368 e. The van der Waals surface area contributed by atoms with Gasteiger partial charge in [0.2, 0.25) is 0 Å². The third-order valence-corrected chi connectivity index (χ3v) is 6.85. The number of halogens is 1. The fourth-order valence-electron chi connectivity index (χ4n) is 4.15. The van der Waals surface area contributed by atoms with Crippen molar-refractivity contribution in [2.75, 3.05) is 68.7 Å². The van der Waals surface area contributed by atoms with Crippen LogP contribution in [0.3, 0.4) is 0 Å². The third-order valence-electron chi connectivity index (χ3n) is 5.72. The molecule has 8 heteroatoms. The minimum absolute atomic E-state index is 0.0688. The Kier molecular flexibility index (Phi) is 6.80. The topological polar surface area (TPSA) is 42.9 Å². The van der Waals surface area contributed by atoms with Crippen LogP contribution in [-0.4, -0.2) is 79.6 Å². The van der Waals surface area contributed by atoms with E-state index in [1.165, 1.54) is 0 Å². The van der Waals surface area contributed by atoms with Crippen molar-refractivity contribution >= 4 is 39.7 Å². The number of benzene rings is 1. The van der Waals surface area contributed by atoms with Crippen molar-refractivity contribution in [1.29, 1.82) is 0 Å². The van der Waals surface area contributed by atoms with Crippen molar-refractivity contribution in [2.24, 2.45) is 5.92 Å². The third kappa shape index (κ3) is 5.07. The first-order valence-corrected chi connectivity index (χ1v) is 12.0. The highest BCUT2D eigenvalue weighted by Gasteiger charge is 2.26. The highest BCUT2D eigenvalue weighted by atomic mass is 35.5. The standard InChI is InChI=1S/C22H30ClN5OS/c1-17(2)15-25-6-8-27(9-7-25)21(29)20-16-30-22(24-20)28-12-10-26(11-13-28)19-5-3-4-18(23)14-19/h3-5,14,16-17H,6-13,15H2,1-2H3. The number of nitrogens with zero attached hydrogens (tertiary/aromatic N) is 5. The number of anilines is 2. The summed E-state index contributed by atoms with van der Waals surface area (Å²) < 4.78 is 0. The minimum Gasteiger partial charge on any atom is -0.368 e. The van der Waals surface area contributed by atoms with Crippen LogP contribution in [0.25, 0.3) is 0 Å². The molecular formula is C22H30ClN5OS. The smallest absolute Gasteiger partial charge is 0.273 e. The van der Waals surface area contributed by atoms with Crippen molar-refractivity contribution < 1.29 is 4.79 Å². The van der Waals surface area contributed by atoms with E-state index in [9.17, 15) is 4.79 Å². The maximum atomic E-state index is 12.9. The lowest BCUT2D eigenvalue weighted by atomic mass is 10.2. The van der Waals surface area contributed by atoms with E-state index < -0.39 is 0 Å². The molecule has 0 N–H and O–H groups in total. The second kappa shape index (κ2) is 9.54. The molecule has 1 amide bonds. The summed E-state index contributed by atoms with van der Waals surface area (Å²) in [7, 11) is 0. The van der Waals surface area contributed by atoms with Crippen molar-refractivity contribution in [3.63, 3.8) is 0 Å². The monoisotopic (exact) mass is 447 g/mol. The van der Waals surface area contributed by atoms with Gasteiger partial charge in [0.15, 0.2) is 5.13 Å². The lowest BCUT2D eigenvalue weighted by Crippen LogP contribution is -2.49. The molecule has 2 aromatic rings. The second-order valence-electron chi connectivity index (χ2n) is 8.46. The van der Waals surface area contributed by atoms with Crippen molar-refractivity contribution in [3.05, 3.63) is 40.4 Å². The Hall–Kier alpha value is -1.83. The van der Waals surface area contributed by atoms with Crippen LogP contribution in [-0.2, 0) is 0 Å². The molecule has 0 saturated carbocycles. The number of hydrogen-bond donors (Lipinski definition) is 0. The van der Waals surface area contributed by atoms with Gasteiger partial charge in [-0.3, -0.25) is 9.69 Å². The Balaban J connectivity index is 1.31. The minimum atomic E-state index is 0.0688. The molecule has 0 aliphatic carbocycles. The van der Waals surface area contributed by atoms with Gasteiger partial charge >= 0.3 is 0 Å². The maximum absolute atomic E-state index is 12.9. The summed E-state index contributed by atoms with van der Waals surface area (Å²) in [5.74, 6) is 0.729. The zero-order chi connectivity index (χ0) is 21.1. The summed E-state index contributed by atoms with van der Waals surface area (Å²) in [5, 5.41) is 3.63. The predicted octanol–water partition coefficient (Wildman–Crippen LogP) is 3.54. The van der Waals surface area contributed by atoms with E-state index in [-0.39, 0.29) is 5.91 Å². The lowest BCUT2D eigenvalue weighted by molar-refractivity contribution is 0.0619. The van der Waals surface area contributed by atoms with Gasteiger partial charge in [0, 0.05) is 75.0 Å². The number of carbonyl (C=O) groups is 1. The number of amides is 1. The summed E-state index contributed by atoms with van der Waals surface area (Å²) in [6, 6.07) is 8.01. The highest BCUT2D eigenvalue weighted by Crippen LogP contribution is 2.26. The summed E-state index contributed by atoms with van der Waals surface area (Å²) in [4.78, 5) is 26.6. The first-order valence-electron chi connectivity index (χ1n) is 10.7. The molecule has 0 bridgehead atoms. The lowest BCUT2D eigenvalue weighted by Gasteiger charge is -2.36. The Labute approximate surface area is 188 Å². The number of thiazole rings is 1. The molecule has 1 aromatic heterocycles. The van der Waals surface area contributed by atoms with Gasteiger partial charge < -0.3 is 14.7 Å².